The van der Waals surface area contributed by atoms with Crippen molar-refractivity contribution in [3.8, 4) is 5.75 Å². The van der Waals surface area contributed by atoms with Crippen LogP contribution >= 0.6 is 0 Å². The Hall–Kier alpha value is -2.08. The molecule has 1 saturated heterocycles. The van der Waals surface area contributed by atoms with Crippen LogP contribution < -0.4 is 10.1 Å². The molecule has 1 aromatic carbocycles. The van der Waals surface area contributed by atoms with Crippen LogP contribution in [0.2, 0.25) is 0 Å². The number of nitrogens with zero attached hydrogens (tertiary/aromatic N) is 1. The molecule has 6 nitrogen and oxygen atoms in total. The average molecular weight is 292 g/mol. The summed E-state index contributed by atoms with van der Waals surface area (Å²) in [6, 6.07) is 7.10. The highest BCUT2D eigenvalue weighted by atomic mass is 16.5. The number of nitrogens with one attached hydrogen (secondary N) is 1. The van der Waals surface area contributed by atoms with Crippen LogP contribution in [0.4, 0.5) is 5.69 Å². The molecule has 0 unspecified atom stereocenters. The molecule has 1 aliphatic rings. The monoisotopic (exact) mass is 292 g/mol. The fourth-order valence-electron chi connectivity index (χ4n) is 2.21. The number of anilines is 1. The van der Waals surface area contributed by atoms with Crippen molar-refractivity contribution in [3.63, 3.8) is 0 Å². The van der Waals surface area contributed by atoms with Gasteiger partial charge in [-0.25, -0.2) is 0 Å². The predicted octanol–water partition coefficient (Wildman–Crippen LogP) is 1.27. The molecule has 0 saturated carbocycles. The van der Waals surface area contributed by atoms with Crippen LogP contribution in [-0.2, 0) is 14.3 Å². The largest absolute Gasteiger partial charge is 0.482 e. The van der Waals surface area contributed by atoms with Crippen LogP contribution in [0.1, 0.15) is 13.8 Å². The van der Waals surface area contributed by atoms with Crippen LogP contribution in [0, 0.1) is 0 Å². The number of benzene rings is 1. The number of hydrogen-bond acceptors (Lipinski definition) is 4. The molecule has 0 aliphatic carbocycles. The van der Waals surface area contributed by atoms with E-state index in [2.05, 4.69) is 5.32 Å². The SMILES string of the molecule is CC(=O)Nc1ccccc1OCC(=O)N1CCOC[C@@H]1C. The summed E-state index contributed by atoms with van der Waals surface area (Å²) < 4.78 is 10.9. The minimum Gasteiger partial charge on any atom is -0.482 e. The van der Waals surface area contributed by atoms with Crippen LogP contribution in [0.15, 0.2) is 24.3 Å². The van der Waals surface area contributed by atoms with Gasteiger partial charge in [0.05, 0.1) is 24.9 Å². The Kier molecular flexibility index (Phi) is 5.16. The average Bonchev–Trinajstić information content (AvgIpc) is 2.46. The standard InChI is InChI=1S/C15H20N2O4/c1-11-9-20-8-7-17(11)15(19)10-21-14-6-4-3-5-13(14)16-12(2)18/h3-6,11H,7-10H2,1-2H3,(H,16,18)/t11-/m0/s1. The van der Waals surface area contributed by atoms with Gasteiger partial charge in [-0.1, -0.05) is 12.1 Å². The lowest BCUT2D eigenvalue weighted by atomic mass is 10.2. The van der Waals surface area contributed by atoms with Crippen molar-refractivity contribution < 1.29 is 19.1 Å². The van der Waals surface area contributed by atoms with E-state index in [-0.39, 0.29) is 24.5 Å². The van der Waals surface area contributed by atoms with Crippen LogP contribution in [0.25, 0.3) is 0 Å². The maximum Gasteiger partial charge on any atom is 0.260 e. The summed E-state index contributed by atoms with van der Waals surface area (Å²) >= 11 is 0. The molecule has 2 rings (SSSR count). The van der Waals surface area contributed by atoms with Crippen molar-refractivity contribution >= 4 is 17.5 Å². The topological polar surface area (TPSA) is 67.9 Å². The van der Waals surface area contributed by atoms with E-state index in [1.165, 1.54) is 6.92 Å². The summed E-state index contributed by atoms with van der Waals surface area (Å²) in [5.74, 6) is 0.226. The first-order chi connectivity index (χ1) is 10.1. The van der Waals surface area contributed by atoms with Gasteiger partial charge in [0.15, 0.2) is 6.61 Å². The third-order valence-electron chi connectivity index (χ3n) is 3.24. The second-order valence-corrected chi connectivity index (χ2v) is 4.98. The summed E-state index contributed by atoms with van der Waals surface area (Å²) in [7, 11) is 0. The van der Waals surface area contributed by atoms with Gasteiger partial charge in [0.2, 0.25) is 5.91 Å². The molecule has 0 aromatic heterocycles. The van der Waals surface area contributed by atoms with Crippen molar-refractivity contribution in [1.29, 1.82) is 0 Å². The number of carbonyl (C=O) groups is 2. The molecule has 2 amide bonds. The van der Waals surface area contributed by atoms with Gasteiger partial charge in [-0.15, -0.1) is 0 Å². The Labute approximate surface area is 124 Å². The lowest BCUT2D eigenvalue weighted by molar-refractivity contribution is -0.141. The number of para-hydroxylation sites is 2. The fourth-order valence-corrected chi connectivity index (χ4v) is 2.21. The van der Waals surface area contributed by atoms with Crippen molar-refractivity contribution in [2.75, 3.05) is 31.7 Å². The van der Waals surface area contributed by atoms with Crippen molar-refractivity contribution in [2.24, 2.45) is 0 Å². The zero-order chi connectivity index (χ0) is 15.2. The molecule has 1 fully saturated rings. The van der Waals surface area contributed by atoms with Gasteiger partial charge in [-0.2, -0.15) is 0 Å². The molecule has 114 valence electrons. The summed E-state index contributed by atoms with van der Waals surface area (Å²) in [6.45, 7) is 5.00. The third-order valence-corrected chi connectivity index (χ3v) is 3.24. The first-order valence-corrected chi connectivity index (χ1v) is 6.94. The van der Waals surface area contributed by atoms with Crippen LogP contribution in [-0.4, -0.2) is 49.1 Å². The van der Waals surface area contributed by atoms with Gasteiger partial charge in [0.1, 0.15) is 5.75 Å². The summed E-state index contributed by atoms with van der Waals surface area (Å²) in [4.78, 5) is 25.1. The van der Waals surface area contributed by atoms with E-state index in [1.54, 1.807) is 29.2 Å². The fraction of sp³-hybridized carbons (Fsp3) is 0.467. The van der Waals surface area contributed by atoms with E-state index >= 15 is 0 Å². The van der Waals surface area contributed by atoms with E-state index in [0.717, 1.165) is 0 Å². The first-order valence-electron chi connectivity index (χ1n) is 6.94. The van der Waals surface area contributed by atoms with Gasteiger partial charge in [0, 0.05) is 13.5 Å². The predicted molar refractivity (Wildman–Crippen MR) is 78.2 cm³/mol. The number of carbonyl (C=O) groups excluding carboxylic acids is 2. The molecule has 1 aromatic rings. The van der Waals surface area contributed by atoms with Gasteiger partial charge < -0.3 is 19.7 Å². The van der Waals surface area contributed by atoms with Gasteiger partial charge >= 0.3 is 0 Å². The minimum atomic E-state index is -0.181. The van der Waals surface area contributed by atoms with Crippen LogP contribution in [0.3, 0.4) is 0 Å². The molecule has 0 radical (unpaired) electrons. The summed E-state index contributed by atoms with van der Waals surface area (Å²) in [6.07, 6.45) is 0. The zero-order valence-corrected chi connectivity index (χ0v) is 12.3. The Bertz CT molecular complexity index is 518. The smallest absolute Gasteiger partial charge is 0.260 e. The third kappa shape index (κ3) is 4.19. The Morgan fingerprint density at radius 1 is 1.43 bits per heavy atom. The maximum atomic E-state index is 12.2. The van der Waals surface area contributed by atoms with Crippen molar-refractivity contribution in [3.05, 3.63) is 24.3 Å². The second-order valence-electron chi connectivity index (χ2n) is 4.98. The minimum absolute atomic E-state index is 0.0546. The van der Waals surface area contributed by atoms with Crippen molar-refractivity contribution in [1.82, 2.24) is 4.90 Å². The molecule has 21 heavy (non-hydrogen) atoms. The van der Waals surface area contributed by atoms with E-state index in [4.69, 9.17) is 9.47 Å². The number of ether oxygens (including phenoxy) is 2. The normalized spacial score (nSPS) is 18.2. The molecule has 0 spiro atoms. The lowest BCUT2D eigenvalue weighted by Crippen LogP contribution is -2.48. The Balaban J connectivity index is 1.96. The molecule has 1 atom stereocenters. The Morgan fingerprint density at radius 2 is 2.19 bits per heavy atom. The van der Waals surface area contributed by atoms with E-state index in [1.807, 2.05) is 6.92 Å². The highest BCUT2D eigenvalue weighted by Gasteiger charge is 2.24. The van der Waals surface area contributed by atoms with E-state index in [0.29, 0.717) is 31.2 Å². The molecule has 6 heteroatoms. The van der Waals surface area contributed by atoms with Crippen molar-refractivity contribution in [2.45, 2.75) is 19.9 Å². The first kappa shape index (κ1) is 15.3. The summed E-state index contributed by atoms with van der Waals surface area (Å²) in [5, 5.41) is 2.68. The van der Waals surface area contributed by atoms with Gasteiger partial charge in [-0.3, -0.25) is 9.59 Å². The molecular formula is C15H20N2O4. The number of rotatable bonds is 4. The maximum absolute atomic E-state index is 12.2. The van der Waals surface area contributed by atoms with E-state index < -0.39 is 0 Å². The Morgan fingerprint density at radius 3 is 2.90 bits per heavy atom. The number of morpholine rings is 1. The molecule has 1 N–H and O–H groups in total. The highest BCUT2D eigenvalue weighted by Crippen LogP contribution is 2.23. The molecule has 1 aliphatic heterocycles. The molecule has 1 heterocycles. The summed E-state index contributed by atoms with van der Waals surface area (Å²) in [5.41, 5.74) is 0.563. The number of hydrogen-bond donors (Lipinski definition) is 1. The number of amides is 2. The second kappa shape index (κ2) is 7.08. The van der Waals surface area contributed by atoms with Crippen LogP contribution in [0.5, 0.6) is 5.75 Å². The van der Waals surface area contributed by atoms with Gasteiger partial charge in [0.25, 0.3) is 5.91 Å². The lowest BCUT2D eigenvalue weighted by Gasteiger charge is -2.33. The quantitative estimate of drug-likeness (QED) is 0.907. The highest BCUT2D eigenvalue weighted by molar-refractivity contribution is 5.90. The molecular weight excluding hydrogens is 272 g/mol. The van der Waals surface area contributed by atoms with Gasteiger partial charge in [-0.05, 0) is 19.1 Å². The zero-order valence-electron chi connectivity index (χ0n) is 12.3. The molecule has 0 bridgehead atoms. The van der Waals surface area contributed by atoms with E-state index in [9.17, 15) is 9.59 Å².